The van der Waals surface area contributed by atoms with Crippen LogP contribution in [0.15, 0.2) is 82.9 Å². The highest BCUT2D eigenvalue weighted by Crippen LogP contribution is 2.62. The Balaban J connectivity index is 1.45. The molecule has 2 saturated carbocycles. The lowest BCUT2D eigenvalue weighted by Crippen LogP contribution is -2.70. The van der Waals surface area contributed by atoms with Crippen LogP contribution in [0.2, 0.25) is 0 Å². The first-order valence-corrected chi connectivity index (χ1v) is 22.7. The summed E-state index contributed by atoms with van der Waals surface area (Å²) in [4.78, 5) is 23.5. The molecular formula is C47H66N2O7S. The van der Waals surface area contributed by atoms with Gasteiger partial charge < -0.3 is 34.2 Å². The Bertz CT molecular complexity index is 1650. The van der Waals surface area contributed by atoms with Gasteiger partial charge >= 0.3 is 0 Å². The predicted molar refractivity (Wildman–Crippen MR) is 228 cm³/mol. The molecule has 3 aliphatic carbocycles. The number of aliphatic hydroxyl groups is 2. The lowest BCUT2D eigenvalue weighted by Gasteiger charge is -2.60. The molecule has 0 spiro atoms. The summed E-state index contributed by atoms with van der Waals surface area (Å²) >= 11 is 1.77. The Hall–Kier alpha value is -3.31. The van der Waals surface area contributed by atoms with Crippen LogP contribution in [0, 0.1) is 23.7 Å². The van der Waals surface area contributed by atoms with E-state index in [1.54, 1.807) is 24.9 Å². The number of oxime groups is 1. The van der Waals surface area contributed by atoms with Crippen LogP contribution in [-0.2, 0) is 14.4 Å². The fourth-order valence-electron chi connectivity index (χ4n) is 10.1. The molecule has 4 aliphatic rings. The molecule has 1 amide bonds. The number of fused-ring (bicyclic) bond motifs is 2. The van der Waals surface area contributed by atoms with Crippen LogP contribution < -0.4 is 9.47 Å². The van der Waals surface area contributed by atoms with Crippen molar-refractivity contribution in [2.45, 2.75) is 119 Å². The Labute approximate surface area is 345 Å². The minimum atomic E-state index is -1.22. The Morgan fingerprint density at radius 1 is 1.05 bits per heavy atom. The Morgan fingerprint density at radius 3 is 2.54 bits per heavy atom. The van der Waals surface area contributed by atoms with Gasteiger partial charge in [-0.05, 0) is 92.2 Å². The SMILES string of the molecule is C=CCO[C@@]12Oc3ccc(OCCSc4ccccc4)cc3[C@H]3[C@H](CCCCO)[C@@H](CCCCO)C=C(C(=NOC)C[C@@H]1N(CCC)C(=O)CCC1CCCC1)[C@H]32. The molecule has 10 heteroatoms. The third kappa shape index (κ3) is 10.3. The number of allylic oxidation sites excluding steroid dienone is 1. The zero-order chi connectivity index (χ0) is 40.0. The van der Waals surface area contributed by atoms with E-state index < -0.39 is 11.8 Å². The molecule has 0 bridgehead atoms. The summed E-state index contributed by atoms with van der Waals surface area (Å²) < 4.78 is 20.9. The number of benzene rings is 2. The van der Waals surface area contributed by atoms with Crippen molar-refractivity contribution in [3.8, 4) is 11.5 Å². The lowest BCUT2D eigenvalue weighted by atomic mass is 9.55. The van der Waals surface area contributed by atoms with Crippen molar-refractivity contribution in [1.29, 1.82) is 0 Å². The normalized spacial score (nSPS) is 25.9. The third-order valence-electron chi connectivity index (χ3n) is 12.6. The van der Waals surface area contributed by atoms with E-state index >= 15 is 0 Å². The first-order valence-electron chi connectivity index (χ1n) is 21.7. The number of amides is 1. The van der Waals surface area contributed by atoms with Gasteiger partial charge in [-0.15, -0.1) is 18.3 Å². The molecular weight excluding hydrogens is 737 g/mol. The molecule has 57 heavy (non-hydrogen) atoms. The van der Waals surface area contributed by atoms with Gasteiger partial charge in [-0.1, -0.05) is 81.0 Å². The van der Waals surface area contributed by atoms with Crippen LogP contribution >= 0.6 is 11.8 Å². The van der Waals surface area contributed by atoms with Crippen LogP contribution in [0.25, 0.3) is 0 Å². The second-order valence-electron chi connectivity index (χ2n) is 16.2. The smallest absolute Gasteiger partial charge is 0.239 e. The molecule has 6 atom stereocenters. The van der Waals surface area contributed by atoms with E-state index in [1.165, 1.54) is 30.6 Å². The van der Waals surface area contributed by atoms with Crippen LogP contribution in [-0.4, -0.2) is 84.4 Å². The number of rotatable bonds is 23. The zero-order valence-corrected chi connectivity index (χ0v) is 35.1. The number of aliphatic hydroxyl groups excluding tert-OH is 2. The number of carbonyl (C=O) groups excluding carboxylic acids is 1. The molecule has 312 valence electrons. The number of ether oxygens (including phenoxy) is 3. The van der Waals surface area contributed by atoms with Gasteiger partial charge in [0.05, 0.1) is 24.8 Å². The molecule has 0 unspecified atom stereocenters. The largest absolute Gasteiger partial charge is 0.493 e. The van der Waals surface area contributed by atoms with Crippen LogP contribution in [0.5, 0.6) is 11.5 Å². The van der Waals surface area contributed by atoms with Gasteiger partial charge in [-0.3, -0.25) is 4.79 Å². The fraction of sp³-hybridized carbons (Fsp3) is 0.617. The fourth-order valence-corrected chi connectivity index (χ4v) is 10.9. The highest BCUT2D eigenvalue weighted by atomic mass is 32.2. The van der Waals surface area contributed by atoms with E-state index in [2.05, 4.69) is 54.8 Å². The Morgan fingerprint density at radius 2 is 1.82 bits per heavy atom. The minimum Gasteiger partial charge on any atom is -0.493 e. The average molecular weight is 803 g/mol. The molecule has 2 aromatic carbocycles. The van der Waals surface area contributed by atoms with Crippen LogP contribution in [0.4, 0.5) is 0 Å². The van der Waals surface area contributed by atoms with Crippen molar-refractivity contribution in [3.05, 3.63) is 78.4 Å². The van der Waals surface area contributed by atoms with Gasteiger partial charge in [0, 0.05) is 54.7 Å². The quantitative estimate of drug-likeness (QED) is 0.0496. The second-order valence-corrected chi connectivity index (χ2v) is 17.4. The molecule has 6 rings (SSSR count). The molecule has 0 aromatic heterocycles. The van der Waals surface area contributed by atoms with Crippen molar-refractivity contribution >= 4 is 23.4 Å². The van der Waals surface area contributed by atoms with E-state index in [0.29, 0.717) is 31.9 Å². The maximum atomic E-state index is 14.6. The maximum Gasteiger partial charge on any atom is 0.239 e. The van der Waals surface area contributed by atoms with Gasteiger partial charge in [-0.25, -0.2) is 0 Å². The van der Waals surface area contributed by atoms with E-state index in [0.717, 1.165) is 85.5 Å². The number of carbonyl (C=O) groups is 1. The summed E-state index contributed by atoms with van der Waals surface area (Å²) in [5.41, 5.74) is 2.96. The van der Waals surface area contributed by atoms with E-state index in [9.17, 15) is 15.0 Å². The number of hydrogen-bond acceptors (Lipinski definition) is 9. The van der Waals surface area contributed by atoms with Crippen molar-refractivity contribution < 1.29 is 34.1 Å². The van der Waals surface area contributed by atoms with E-state index in [-0.39, 0.29) is 49.4 Å². The summed E-state index contributed by atoms with van der Waals surface area (Å²) in [6, 6.07) is 16.1. The standard InChI is InChI=1S/C47H66N2O7S/c1-4-25-49(44(52)24-21-34-15-9-10-16-34)43-33-41(48-53-3)39-31-35(17-11-13-26-50)38(20-12-14-27-51)45-40-32-36(54-29-30-57-37-18-7-6-8-19-37)22-23-42(40)56-47(43,46(39)45)55-28-5-2/h5-8,18-19,22-23,31-32,34-35,38,43,45-46,50-51H,2,4,9-17,20-21,24-30,33H2,1,3H3/t35-,38+,43-,45+,46+,47+/m0/s1. The zero-order valence-electron chi connectivity index (χ0n) is 34.3. The van der Waals surface area contributed by atoms with Crippen LogP contribution in [0.1, 0.15) is 108 Å². The van der Waals surface area contributed by atoms with Gasteiger partial charge in [0.25, 0.3) is 0 Å². The average Bonchev–Trinajstić information content (AvgIpc) is 3.76. The molecule has 2 aromatic rings. The second kappa shape index (κ2) is 21.6. The Kier molecular flexibility index (Phi) is 16.4. The first kappa shape index (κ1) is 43.3. The molecule has 2 N–H and O–H groups in total. The topological polar surface area (TPSA) is 110 Å². The van der Waals surface area contributed by atoms with Gasteiger partial charge in [0.2, 0.25) is 11.7 Å². The van der Waals surface area contributed by atoms with Crippen molar-refractivity contribution in [2.24, 2.45) is 28.8 Å². The molecule has 1 heterocycles. The molecule has 2 fully saturated rings. The third-order valence-corrected chi connectivity index (χ3v) is 13.6. The summed E-state index contributed by atoms with van der Waals surface area (Å²) in [6.45, 7) is 7.87. The molecule has 9 nitrogen and oxygen atoms in total. The van der Waals surface area contributed by atoms with Crippen molar-refractivity contribution in [2.75, 3.05) is 45.8 Å². The summed E-state index contributed by atoms with van der Waals surface area (Å²) in [6.07, 6.45) is 16.7. The van der Waals surface area contributed by atoms with E-state index in [4.69, 9.17) is 24.2 Å². The summed E-state index contributed by atoms with van der Waals surface area (Å²) in [5.74, 6) is 1.85. The van der Waals surface area contributed by atoms with E-state index in [1.807, 2.05) is 18.2 Å². The monoisotopic (exact) mass is 802 g/mol. The molecule has 1 aliphatic heterocycles. The summed E-state index contributed by atoms with van der Waals surface area (Å²) in [7, 11) is 1.60. The highest BCUT2D eigenvalue weighted by molar-refractivity contribution is 7.99. The highest BCUT2D eigenvalue weighted by Gasteiger charge is 2.65. The minimum absolute atomic E-state index is 0.0689. The molecule has 0 saturated heterocycles. The predicted octanol–water partition coefficient (Wildman–Crippen LogP) is 9.33. The molecule has 0 radical (unpaired) electrons. The van der Waals surface area contributed by atoms with Crippen molar-refractivity contribution in [1.82, 2.24) is 4.90 Å². The van der Waals surface area contributed by atoms with Crippen molar-refractivity contribution in [3.63, 3.8) is 0 Å². The van der Waals surface area contributed by atoms with Gasteiger partial charge in [0.15, 0.2) is 0 Å². The maximum absolute atomic E-state index is 14.6. The van der Waals surface area contributed by atoms with Crippen LogP contribution in [0.3, 0.4) is 0 Å². The number of thioether (sulfide) groups is 1. The number of unbranched alkanes of at least 4 members (excludes halogenated alkanes) is 2. The van der Waals surface area contributed by atoms with Gasteiger partial charge in [-0.2, -0.15) is 0 Å². The summed E-state index contributed by atoms with van der Waals surface area (Å²) in [5, 5.41) is 24.5. The van der Waals surface area contributed by atoms with Gasteiger partial charge in [0.1, 0.15) is 24.7 Å². The number of hydrogen-bond donors (Lipinski definition) is 2. The first-order chi connectivity index (χ1) is 28.0. The number of nitrogens with zero attached hydrogens (tertiary/aromatic N) is 2. The lowest BCUT2D eigenvalue weighted by molar-refractivity contribution is -0.257.